The third-order valence-electron chi connectivity index (χ3n) is 2.57. The molecule has 0 radical (unpaired) electrons. The van der Waals surface area contributed by atoms with Crippen molar-refractivity contribution in [3.8, 4) is 5.75 Å². The standard InChI is InChI=1S/C13H21NO2/c1-11(10-15)9-14-8-7-12-5-3-4-6-13(12)16-2/h3-6,11,14-15H,7-10H2,1-2H3. The topological polar surface area (TPSA) is 41.5 Å². The fourth-order valence-electron chi connectivity index (χ4n) is 1.55. The first-order chi connectivity index (χ1) is 7.77. The van der Waals surface area contributed by atoms with Gasteiger partial charge in [-0.05, 0) is 37.1 Å². The smallest absolute Gasteiger partial charge is 0.122 e. The molecule has 0 spiro atoms. The first-order valence-corrected chi connectivity index (χ1v) is 5.71. The molecule has 1 aromatic rings. The summed E-state index contributed by atoms with van der Waals surface area (Å²) in [6, 6.07) is 8.06. The number of rotatable bonds is 7. The summed E-state index contributed by atoms with van der Waals surface area (Å²) in [4.78, 5) is 0. The maximum absolute atomic E-state index is 8.87. The number of hydrogen-bond donors (Lipinski definition) is 2. The molecule has 2 N–H and O–H groups in total. The van der Waals surface area contributed by atoms with Gasteiger partial charge in [0.25, 0.3) is 0 Å². The van der Waals surface area contributed by atoms with Crippen molar-refractivity contribution in [1.82, 2.24) is 5.32 Å². The zero-order valence-electron chi connectivity index (χ0n) is 10.1. The number of methoxy groups -OCH3 is 1. The van der Waals surface area contributed by atoms with E-state index in [1.807, 2.05) is 25.1 Å². The molecular formula is C13H21NO2. The minimum Gasteiger partial charge on any atom is -0.496 e. The number of benzene rings is 1. The Labute approximate surface area is 97.4 Å². The van der Waals surface area contributed by atoms with E-state index in [1.165, 1.54) is 5.56 Å². The molecule has 0 aromatic heterocycles. The fraction of sp³-hybridized carbons (Fsp3) is 0.538. The Hall–Kier alpha value is -1.06. The summed E-state index contributed by atoms with van der Waals surface area (Å²) in [6.07, 6.45) is 0.947. The molecule has 1 unspecified atom stereocenters. The molecule has 0 saturated carbocycles. The van der Waals surface area contributed by atoms with Gasteiger partial charge in [0.2, 0.25) is 0 Å². The van der Waals surface area contributed by atoms with Gasteiger partial charge in [-0.3, -0.25) is 0 Å². The van der Waals surface area contributed by atoms with Crippen molar-refractivity contribution >= 4 is 0 Å². The highest BCUT2D eigenvalue weighted by Crippen LogP contribution is 2.17. The molecule has 3 heteroatoms. The molecule has 0 heterocycles. The summed E-state index contributed by atoms with van der Waals surface area (Å²) >= 11 is 0. The Morgan fingerprint density at radius 3 is 2.81 bits per heavy atom. The van der Waals surface area contributed by atoms with Gasteiger partial charge < -0.3 is 15.2 Å². The third kappa shape index (κ3) is 4.21. The van der Waals surface area contributed by atoms with Gasteiger partial charge in [-0.15, -0.1) is 0 Å². The number of ether oxygens (including phenoxy) is 1. The minimum absolute atomic E-state index is 0.238. The van der Waals surface area contributed by atoms with Crippen molar-refractivity contribution < 1.29 is 9.84 Å². The van der Waals surface area contributed by atoms with Crippen LogP contribution in [0.15, 0.2) is 24.3 Å². The monoisotopic (exact) mass is 223 g/mol. The molecule has 0 saturated heterocycles. The first-order valence-electron chi connectivity index (χ1n) is 5.71. The van der Waals surface area contributed by atoms with Crippen LogP contribution in [-0.4, -0.2) is 31.9 Å². The van der Waals surface area contributed by atoms with Crippen LogP contribution >= 0.6 is 0 Å². The molecule has 0 aliphatic rings. The summed E-state index contributed by atoms with van der Waals surface area (Å²) in [6.45, 7) is 4.02. The average Bonchev–Trinajstić information content (AvgIpc) is 2.34. The minimum atomic E-state index is 0.238. The first kappa shape index (κ1) is 13.0. The predicted octanol–water partition coefficient (Wildman–Crippen LogP) is 1.46. The largest absolute Gasteiger partial charge is 0.496 e. The Balaban J connectivity index is 2.31. The second kappa shape index (κ2) is 7.25. The van der Waals surface area contributed by atoms with Gasteiger partial charge in [-0.1, -0.05) is 25.1 Å². The van der Waals surface area contributed by atoms with Crippen molar-refractivity contribution in [3.63, 3.8) is 0 Å². The van der Waals surface area contributed by atoms with Gasteiger partial charge in [0.05, 0.1) is 7.11 Å². The van der Waals surface area contributed by atoms with Crippen LogP contribution in [0.3, 0.4) is 0 Å². The Morgan fingerprint density at radius 2 is 2.12 bits per heavy atom. The fourth-order valence-corrected chi connectivity index (χ4v) is 1.55. The molecule has 0 bridgehead atoms. The molecule has 3 nitrogen and oxygen atoms in total. The number of aliphatic hydroxyl groups excluding tert-OH is 1. The van der Waals surface area contributed by atoms with Crippen molar-refractivity contribution in [1.29, 1.82) is 0 Å². The summed E-state index contributed by atoms with van der Waals surface area (Å²) in [7, 11) is 1.69. The predicted molar refractivity (Wildman–Crippen MR) is 65.8 cm³/mol. The number of nitrogens with one attached hydrogen (secondary N) is 1. The molecule has 1 rings (SSSR count). The quantitative estimate of drug-likeness (QED) is 0.688. The van der Waals surface area contributed by atoms with E-state index in [4.69, 9.17) is 9.84 Å². The van der Waals surface area contributed by atoms with Crippen LogP contribution in [0.2, 0.25) is 0 Å². The van der Waals surface area contributed by atoms with Gasteiger partial charge in [0, 0.05) is 6.61 Å². The lowest BCUT2D eigenvalue weighted by atomic mass is 10.1. The Bertz CT molecular complexity index is 302. The van der Waals surface area contributed by atoms with Crippen molar-refractivity contribution in [2.45, 2.75) is 13.3 Å². The summed E-state index contributed by atoms with van der Waals surface area (Å²) in [5.74, 6) is 1.26. The van der Waals surface area contributed by atoms with Crippen LogP contribution in [0.5, 0.6) is 5.75 Å². The maximum Gasteiger partial charge on any atom is 0.122 e. The van der Waals surface area contributed by atoms with Crippen molar-refractivity contribution in [2.75, 3.05) is 26.8 Å². The van der Waals surface area contributed by atoms with Crippen LogP contribution in [0.4, 0.5) is 0 Å². The highest BCUT2D eigenvalue weighted by atomic mass is 16.5. The molecular weight excluding hydrogens is 202 g/mol. The van der Waals surface area contributed by atoms with E-state index in [2.05, 4.69) is 11.4 Å². The summed E-state index contributed by atoms with van der Waals surface area (Å²) in [5.41, 5.74) is 1.22. The van der Waals surface area contributed by atoms with Gasteiger partial charge in [-0.25, -0.2) is 0 Å². The van der Waals surface area contributed by atoms with Crippen LogP contribution in [0.1, 0.15) is 12.5 Å². The van der Waals surface area contributed by atoms with E-state index < -0.39 is 0 Å². The van der Waals surface area contributed by atoms with Gasteiger partial charge in [-0.2, -0.15) is 0 Å². The highest BCUT2D eigenvalue weighted by Gasteiger charge is 2.02. The summed E-state index contributed by atoms with van der Waals surface area (Å²) in [5, 5.41) is 12.2. The number of aliphatic hydroxyl groups is 1. The number of hydrogen-bond acceptors (Lipinski definition) is 3. The second-order valence-corrected chi connectivity index (χ2v) is 4.05. The van der Waals surface area contributed by atoms with Crippen molar-refractivity contribution in [3.05, 3.63) is 29.8 Å². The van der Waals surface area contributed by atoms with Crippen LogP contribution in [0, 0.1) is 5.92 Å². The van der Waals surface area contributed by atoms with Crippen LogP contribution in [-0.2, 0) is 6.42 Å². The molecule has 1 atom stereocenters. The zero-order chi connectivity index (χ0) is 11.8. The van der Waals surface area contributed by atoms with E-state index in [-0.39, 0.29) is 6.61 Å². The van der Waals surface area contributed by atoms with E-state index in [0.717, 1.165) is 25.3 Å². The third-order valence-corrected chi connectivity index (χ3v) is 2.57. The Morgan fingerprint density at radius 1 is 1.38 bits per heavy atom. The van der Waals surface area contributed by atoms with E-state index in [9.17, 15) is 0 Å². The number of para-hydroxylation sites is 1. The molecule has 0 fully saturated rings. The SMILES string of the molecule is COc1ccccc1CCNCC(C)CO. The normalized spacial score (nSPS) is 12.4. The van der Waals surface area contributed by atoms with E-state index >= 15 is 0 Å². The van der Waals surface area contributed by atoms with Crippen LogP contribution in [0.25, 0.3) is 0 Å². The molecule has 1 aromatic carbocycles. The maximum atomic E-state index is 8.87. The zero-order valence-corrected chi connectivity index (χ0v) is 10.1. The van der Waals surface area contributed by atoms with E-state index in [0.29, 0.717) is 5.92 Å². The molecule has 0 amide bonds. The lowest BCUT2D eigenvalue weighted by Crippen LogP contribution is -2.25. The van der Waals surface area contributed by atoms with Gasteiger partial charge in [0.15, 0.2) is 0 Å². The molecule has 90 valence electrons. The van der Waals surface area contributed by atoms with Gasteiger partial charge >= 0.3 is 0 Å². The lowest BCUT2D eigenvalue weighted by molar-refractivity contribution is 0.234. The molecule has 0 aliphatic heterocycles. The lowest BCUT2D eigenvalue weighted by Gasteiger charge is -2.11. The average molecular weight is 223 g/mol. The Kier molecular flexibility index (Phi) is 5.90. The van der Waals surface area contributed by atoms with Gasteiger partial charge in [0.1, 0.15) is 5.75 Å². The van der Waals surface area contributed by atoms with E-state index in [1.54, 1.807) is 7.11 Å². The highest BCUT2D eigenvalue weighted by molar-refractivity contribution is 5.33. The summed E-state index contributed by atoms with van der Waals surface area (Å²) < 4.78 is 5.28. The second-order valence-electron chi connectivity index (χ2n) is 4.05. The molecule has 0 aliphatic carbocycles. The molecule has 16 heavy (non-hydrogen) atoms. The van der Waals surface area contributed by atoms with Crippen LogP contribution < -0.4 is 10.1 Å². The van der Waals surface area contributed by atoms with Crippen molar-refractivity contribution in [2.24, 2.45) is 5.92 Å².